The Morgan fingerprint density at radius 1 is 1.12 bits per heavy atom. The molecule has 0 radical (unpaired) electrons. The van der Waals surface area contributed by atoms with Crippen LogP contribution in [0.15, 0.2) is 54.6 Å². The van der Waals surface area contributed by atoms with Crippen molar-refractivity contribution in [3.8, 4) is 0 Å². The molecule has 0 unspecified atom stereocenters. The molecule has 0 aliphatic carbocycles. The first kappa shape index (κ1) is 17.6. The summed E-state index contributed by atoms with van der Waals surface area (Å²) in [5.41, 5.74) is 2.85. The number of halogens is 1. The van der Waals surface area contributed by atoms with Crippen LogP contribution < -0.4 is 4.90 Å². The second-order valence-corrected chi connectivity index (χ2v) is 7.39. The van der Waals surface area contributed by atoms with E-state index in [1.165, 1.54) is 5.56 Å². The van der Waals surface area contributed by atoms with Crippen LogP contribution >= 0.6 is 22.9 Å². The number of thiazole rings is 1. The number of anilines is 1. The maximum absolute atomic E-state index is 11.2. The third kappa shape index (κ3) is 4.47. The van der Waals surface area contributed by atoms with Gasteiger partial charge in [-0.05, 0) is 30.5 Å². The van der Waals surface area contributed by atoms with Crippen LogP contribution in [0, 0.1) is 6.92 Å². The van der Waals surface area contributed by atoms with Gasteiger partial charge in [0.25, 0.3) is 0 Å². The Kier molecular flexibility index (Phi) is 5.84. The van der Waals surface area contributed by atoms with Crippen LogP contribution in [0.1, 0.15) is 26.5 Å². The number of aryl methyl sites for hydroxylation is 1. The molecule has 0 amide bonds. The second-order valence-electron chi connectivity index (χ2n) is 5.80. The summed E-state index contributed by atoms with van der Waals surface area (Å²) in [4.78, 5) is 18.8. The summed E-state index contributed by atoms with van der Waals surface area (Å²) < 4.78 is 0. The van der Waals surface area contributed by atoms with Crippen molar-refractivity contribution < 1.29 is 4.79 Å². The van der Waals surface area contributed by atoms with Crippen LogP contribution in [-0.2, 0) is 13.0 Å². The molecule has 0 saturated heterocycles. The predicted molar refractivity (Wildman–Crippen MR) is 105 cm³/mol. The molecule has 0 atom stereocenters. The van der Waals surface area contributed by atoms with Gasteiger partial charge in [-0.2, -0.15) is 0 Å². The fourth-order valence-corrected chi connectivity index (χ4v) is 3.77. The number of aromatic nitrogens is 1. The van der Waals surface area contributed by atoms with Crippen molar-refractivity contribution in [2.75, 3.05) is 11.4 Å². The van der Waals surface area contributed by atoms with Crippen molar-refractivity contribution >= 4 is 34.4 Å². The molecule has 3 rings (SSSR count). The number of carbonyl (C=O) groups is 1. The third-order valence-corrected chi connectivity index (χ3v) is 5.44. The highest BCUT2D eigenvalue weighted by Crippen LogP contribution is 2.27. The lowest BCUT2D eigenvalue weighted by Gasteiger charge is -2.22. The number of nitrogens with zero attached hydrogens (tertiary/aromatic N) is 2. The third-order valence-electron chi connectivity index (χ3n) is 4.03. The van der Waals surface area contributed by atoms with Crippen molar-refractivity contribution in [1.29, 1.82) is 0 Å². The average molecular weight is 371 g/mol. The maximum Gasteiger partial charge on any atom is 0.186 e. The van der Waals surface area contributed by atoms with Gasteiger partial charge in [0.05, 0.1) is 0 Å². The Morgan fingerprint density at radius 2 is 1.84 bits per heavy atom. The van der Waals surface area contributed by atoms with Crippen molar-refractivity contribution in [3.63, 3.8) is 0 Å². The van der Waals surface area contributed by atoms with Gasteiger partial charge in [0.15, 0.2) is 11.4 Å². The first-order chi connectivity index (χ1) is 12.2. The van der Waals surface area contributed by atoms with Crippen LogP contribution in [-0.4, -0.2) is 17.8 Å². The smallest absolute Gasteiger partial charge is 0.186 e. The van der Waals surface area contributed by atoms with Crippen molar-refractivity contribution in [2.24, 2.45) is 0 Å². The van der Waals surface area contributed by atoms with Crippen molar-refractivity contribution in [1.82, 2.24) is 4.98 Å². The lowest BCUT2D eigenvalue weighted by molar-refractivity contribution is 0.111. The summed E-state index contributed by atoms with van der Waals surface area (Å²) in [6, 6.07) is 18.2. The molecule has 0 fully saturated rings. The van der Waals surface area contributed by atoms with Gasteiger partial charge in [0, 0.05) is 23.0 Å². The minimum atomic E-state index is 0.524. The monoisotopic (exact) mass is 370 g/mol. The molecule has 0 spiro atoms. The molecular weight excluding hydrogens is 352 g/mol. The molecule has 2 aromatic carbocycles. The van der Waals surface area contributed by atoms with E-state index in [9.17, 15) is 4.79 Å². The number of hydrogen-bond donors (Lipinski definition) is 0. The number of benzene rings is 2. The minimum absolute atomic E-state index is 0.524. The van der Waals surface area contributed by atoms with Crippen molar-refractivity contribution in [3.05, 3.63) is 81.3 Å². The Labute approximate surface area is 156 Å². The average Bonchev–Trinajstić information content (AvgIpc) is 3.01. The summed E-state index contributed by atoms with van der Waals surface area (Å²) >= 11 is 7.84. The molecule has 3 aromatic rings. The summed E-state index contributed by atoms with van der Waals surface area (Å²) in [6.45, 7) is 3.46. The predicted octanol–water partition coefficient (Wildman–Crippen LogP) is 5.17. The quantitative estimate of drug-likeness (QED) is 0.538. The van der Waals surface area contributed by atoms with Crippen LogP contribution in [0.3, 0.4) is 0 Å². The molecule has 0 aliphatic heterocycles. The largest absolute Gasteiger partial charge is 0.343 e. The highest BCUT2D eigenvalue weighted by atomic mass is 35.5. The fourth-order valence-electron chi connectivity index (χ4n) is 2.64. The number of rotatable bonds is 7. The van der Waals surface area contributed by atoms with Gasteiger partial charge < -0.3 is 4.90 Å². The summed E-state index contributed by atoms with van der Waals surface area (Å²) in [5.74, 6) is 0. The fraction of sp³-hybridized carbons (Fsp3) is 0.200. The molecule has 3 nitrogen and oxygen atoms in total. The normalized spacial score (nSPS) is 10.6. The first-order valence-electron chi connectivity index (χ1n) is 8.12. The van der Waals surface area contributed by atoms with E-state index in [1.54, 1.807) is 11.3 Å². The second kappa shape index (κ2) is 8.28. The van der Waals surface area contributed by atoms with E-state index in [0.29, 0.717) is 5.69 Å². The van der Waals surface area contributed by atoms with Gasteiger partial charge in [0.2, 0.25) is 0 Å². The molecule has 0 bridgehead atoms. The van der Waals surface area contributed by atoms with Crippen LogP contribution in [0.5, 0.6) is 0 Å². The van der Waals surface area contributed by atoms with Gasteiger partial charge in [-0.25, -0.2) is 4.98 Å². The Morgan fingerprint density at radius 3 is 2.52 bits per heavy atom. The maximum atomic E-state index is 11.2. The summed E-state index contributed by atoms with van der Waals surface area (Å²) in [6.07, 6.45) is 1.64. The van der Waals surface area contributed by atoms with Gasteiger partial charge in [0.1, 0.15) is 5.69 Å². The molecule has 128 valence electrons. The summed E-state index contributed by atoms with van der Waals surface area (Å²) in [7, 11) is 0. The Balaban J connectivity index is 1.83. The van der Waals surface area contributed by atoms with E-state index in [2.05, 4.69) is 22.0 Å². The first-order valence-corrected chi connectivity index (χ1v) is 9.31. The molecule has 1 aromatic heterocycles. The number of carbonyl (C=O) groups excluding carboxylic acids is 1. The van der Waals surface area contributed by atoms with Crippen molar-refractivity contribution in [2.45, 2.75) is 19.9 Å². The molecule has 5 heteroatoms. The molecular formula is C20H19ClN2OS. The SMILES string of the molecule is Cc1sc(N(CCc2ccccc2Cl)Cc2ccccc2)nc1C=O. The molecule has 1 heterocycles. The molecule has 0 saturated carbocycles. The lowest BCUT2D eigenvalue weighted by Crippen LogP contribution is -2.25. The van der Waals surface area contributed by atoms with Gasteiger partial charge >= 0.3 is 0 Å². The summed E-state index contributed by atoms with van der Waals surface area (Å²) in [5, 5.41) is 1.65. The Hall–Kier alpha value is -2.17. The molecule has 0 aliphatic rings. The standard InChI is InChI=1S/C20H19ClN2OS/c1-15-19(14-24)22-20(25-15)23(13-16-7-3-2-4-8-16)12-11-17-9-5-6-10-18(17)21/h2-10,14H,11-13H2,1H3. The minimum Gasteiger partial charge on any atom is -0.343 e. The zero-order valence-electron chi connectivity index (χ0n) is 14.0. The van der Waals surface area contributed by atoms with Crippen LogP contribution in [0.2, 0.25) is 5.02 Å². The molecule has 0 N–H and O–H groups in total. The van der Waals surface area contributed by atoms with E-state index in [0.717, 1.165) is 46.4 Å². The van der Waals surface area contributed by atoms with Gasteiger partial charge in [-0.15, -0.1) is 11.3 Å². The van der Waals surface area contributed by atoms with E-state index < -0.39 is 0 Å². The highest BCUT2D eigenvalue weighted by molar-refractivity contribution is 7.15. The highest BCUT2D eigenvalue weighted by Gasteiger charge is 2.15. The number of aldehydes is 1. The van der Waals surface area contributed by atoms with Crippen LogP contribution in [0.4, 0.5) is 5.13 Å². The zero-order valence-corrected chi connectivity index (χ0v) is 15.6. The van der Waals surface area contributed by atoms with Gasteiger partial charge in [-0.3, -0.25) is 4.79 Å². The Bertz CT molecular complexity index is 848. The van der Waals surface area contributed by atoms with E-state index >= 15 is 0 Å². The topological polar surface area (TPSA) is 33.2 Å². The van der Waals surface area contributed by atoms with E-state index in [1.807, 2.05) is 49.4 Å². The lowest BCUT2D eigenvalue weighted by atomic mass is 10.1. The van der Waals surface area contributed by atoms with Gasteiger partial charge in [-0.1, -0.05) is 60.1 Å². The van der Waals surface area contributed by atoms with E-state index in [4.69, 9.17) is 11.6 Å². The number of hydrogen-bond acceptors (Lipinski definition) is 4. The zero-order chi connectivity index (χ0) is 17.6. The van der Waals surface area contributed by atoms with Crippen LogP contribution in [0.25, 0.3) is 0 Å². The van der Waals surface area contributed by atoms with E-state index in [-0.39, 0.29) is 0 Å². The molecule has 25 heavy (non-hydrogen) atoms.